The zero-order valence-electron chi connectivity index (χ0n) is 16.6. The third-order valence-corrected chi connectivity index (χ3v) is 6.61. The van der Waals surface area contributed by atoms with Crippen LogP contribution < -0.4 is 4.74 Å². The Morgan fingerprint density at radius 2 is 1.75 bits per heavy atom. The fourth-order valence-corrected chi connectivity index (χ4v) is 5.12. The van der Waals surface area contributed by atoms with Gasteiger partial charge < -0.3 is 9.64 Å². The maximum Gasteiger partial charge on any atom is 0.254 e. The van der Waals surface area contributed by atoms with E-state index in [2.05, 4.69) is 0 Å². The summed E-state index contributed by atoms with van der Waals surface area (Å²) in [5.41, 5.74) is 2.67. The summed E-state index contributed by atoms with van der Waals surface area (Å²) >= 11 is 0. The van der Waals surface area contributed by atoms with Gasteiger partial charge in [0.25, 0.3) is 5.91 Å². The molecule has 150 valence electrons. The quantitative estimate of drug-likeness (QED) is 0.742. The minimum absolute atomic E-state index is 0.0269. The van der Waals surface area contributed by atoms with E-state index < -0.39 is 9.84 Å². The highest BCUT2D eigenvalue weighted by atomic mass is 32.2. The summed E-state index contributed by atoms with van der Waals surface area (Å²) in [6.07, 6.45) is 0.539. The summed E-state index contributed by atoms with van der Waals surface area (Å²) in [5.74, 6) is 0.717. The van der Waals surface area contributed by atoms with Crippen molar-refractivity contribution in [2.75, 3.05) is 11.5 Å². The fourth-order valence-electron chi connectivity index (χ4n) is 3.39. The van der Waals surface area contributed by atoms with Gasteiger partial charge in [-0.15, -0.1) is 0 Å². The van der Waals surface area contributed by atoms with Crippen molar-refractivity contribution in [1.82, 2.24) is 4.90 Å². The normalized spacial score (nSPS) is 18.2. The largest absolute Gasteiger partial charge is 0.491 e. The van der Waals surface area contributed by atoms with E-state index in [1.54, 1.807) is 29.2 Å². The van der Waals surface area contributed by atoms with Crippen molar-refractivity contribution in [2.24, 2.45) is 0 Å². The lowest BCUT2D eigenvalue weighted by Crippen LogP contribution is -2.40. The highest BCUT2D eigenvalue weighted by Crippen LogP contribution is 2.23. The second-order valence-electron chi connectivity index (χ2n) is 7.67. The zero-order chi connectivity index (χ0) is 20.3. The van der Waals surface area contributed by atoms with E-state index in [-0.39, 0.29) is 29.6 Å². The first-order valence-electron chi connectivity index (χ1n) is 9.57. The lowest BCUT2D eigenvalue weighted by Gasteiger charge is -2.28. The van der Waals surface area contributed by atoms with E-state index >= 15 is 0 Å². The summed E-state index contributed by atoms with van der Waals surface area (Å²) in [4.78, 5) is 14.9. The highest BCUT2D eigenvalue weighted by Gasteiger charge is 2.35. The maximum atomic E-state index is 13.2. The predicted octanol–water partition coefficient (Wildman–Crippen LogP) is 3.61. The fraction of sp³-hybridized carbons (Fsp3) is 0.409. The molecule has 0 spiro atoms. The first-order chi connectivity index (χ1) is 13.2. The molecule has 1 saturated heterocycles. The number of rotatable bonds is 6. The van der Waals surface area contributed by atoms with Crippen LogP contribution in [0.4, 0.5) is 0 Å². The second kappa shape index (κ2) is 8.35. The van der Waals surface area contributed by atoms with Gasteiger partial charge in [-0.25, -0.2) is 8.42 Å². The van der Waals surface area contributed by atoms with Crippen LogP contribution in [0.25, 0.3) is 0 Å². The van der Waals surface area contributed by atoms with Gasteiger partial charge in [-0.3, -0.25) is 4.79 Å². The Kier molecular flexibility index (Phi) is 6.08. The van der Waals surface area contributed by atoms with Crippen LogP contribution in [0.1, 0.15) is 41.8 Å². The standard InChI is InChI=1S/C22H27NO4S/c1-16(2)27-21-10-8-19(9-11-21)22(24)23(20-12-13-28(25,26)15-20)14-18-6-4-17(3)5-7-18/h4-11,16,20H,12-15H2,1-3H3/t20-/m1/s1. The summed E-state index contributed by atoms with van der Waals surface area (Å²) in [5, 5.41) is 0. The van der Waals surface area contributed by atoms with Gasteiger partial charge in [0.05, 0.1) is 17.6 Å². The van der Waals surface area contributed by atoms with Gasteiger partial charge in [0.1, 0.15) is 5.75 Å². The molecule has 0 aliphatic carbocycles. The number of carbonyl (C=O) groups is 1. The van der Waals surface area contributed by atoms with Crippen molar-refractivity contribution in [3.8, 4) is 5.75 Å². The molecule has 1 atom stereocenters. The first-order valence-corrected chi connectivity index (χ1v) is 11.4. The van der Waals surface area contributed by atoms with Crippen LogP contribution in [-0.4, -0.2) is 42.9 Å². The van der Waals surface area contributed by atoms with Crippen molar-refractivity contribution in [3.05, 3.63) is 65.2 Å². The van der Waals surface area contributed by atoms with Crippen molar-refractivity contribution < 1.29 is 17.9 Å². The Morgan fingerprint density at radius 1 is 1.11 bits per heavy atom. The van der Waals surface area contributed by atoms with Crippen molar-refractivity contribution in [1.29, 1.82) is 0 Å². The van der Waals surface area contributed by atoms with Crippen LogP contribution in [0.15, 0.2) is 48.5 Å². The average Bonchev–Trinajstić information content (AvgIpc) is 3.00. The van der Waals surface area contributed by atoms with E-state index in [1.165, 1.54) is 0 Å². The number of amides is 1. The van der Waals surface area contributed by atoms with Crippen LogP contribution in [0.2, 0.25) is 0 Å². The molecule has 1 fully saturated rings. The predicted molar refractivity (Wildman–Crippen MR) is 110 cm³/mol. The Labute approximate surface area is 167 Å². The third-order valence-electron chi connectivity index (χ3n) is 4.86. The molecule has 5 nitrogen and oxygen atoms in total. The van der Waals surface area contributed by atoms with Crippen molar-refractivity contribution in [2.45, 2.75) is 45.9 Å². The molecule has 0 saturated carbocycles. The number of carbonyl (C=O) groups excluding carboxylic acids is 1. The van der Waals surface area contributed by atoms with Crippen LogP contribution >= 0.6 is 0 Å². The Balaban J connectivity index is 1.84. The van der Waals surface area contributed by atoms with Gasteiger partial charge in [0.15, 0.2) is 9.84 Å². The molecule has 2 aromatic carbocycles. The number of hydrogen-bond donors (Lipinski definition) is 0. The van der Waals surface area contributed by atoms with E-state index in [0.717, 1.165) is 11.1 Å². The lowest BCUT2D eigenvalue weighted by atomic mass is 10.1. The zero-order valence-corrected chi connectivity index (χ0v) is 17.4. The molecule has 3 rings (SSSR count). The van der Waals surface area contributed by atoms with Crippen LogP contribution in [-0.2, 0) is 16.4 Å². The summed E-state index contributed by atoms with van der Waals surface area (Å²) in [6.45, 7) is 6.30. The lowest BCUT2D eigenvalue weighted by molar-refractivity contribution is 0.0681. The minimum Gasteiger partial charge on any atom is -0.491 e. The monoisotopic (exact) mass is 401 g/mol. The number of sulfone groups is 1. The van der Waals surface area contributed by atoms with Gasteiger partial charge in [-0.1, -0.05) is 29.8 Å². The van der Waals surface area contributed by atoms with Gasteiger partial charge >= 0.3 is 0 Å². The second-order valence-corrected chi connectivity index (χ2v) is 9.90. The Bertz CT molecular complexity index is 918. The molecule has 0 N–H and O–H groups in total. The van der Waals surface area contributed by atoms with Crippen LogP contribution in [0.5, 0.6) is 5.75 Å². The SMILES string of the molecule is Cc1ccc(CN(C(=O)c2ccc(OC(C)C)cc2)[C@@H]2CCS(=O)(=O)C2)cc1. The maximum absolute atomic E-state index is 13.2. The number of hydrogen-bond acceptors (Lipinski definition) is 4. The number of nitrogens with zero attached hydrogens (tertiary/aromatic N) is 1. The first kappa shape index (κ1) is 20.4. The molecule has 0 radical (unpaired) electrons. The molecule has 1 amide bonds. The minimum atomic E-state index is -3.09. The molecule has 1 heterocycles. The summed E-state index contributed by atoms with van der Waals surface area (Å²) < 4.78 is 29.6. The van der Waals surface area contributed by atoms with E-state index in [9.17, 15) is 13.2 Å². The van der Waals surface area contributed by atoms with Crippen LogP contribution in [0, 0.1) is 6.92 Å². The van der Waals surface area contributed by atoms with E-state index in [1.807, 2.05) is 45.0 Å². The van der Waals surface area contributed by atoms with Crippen LogP contribution in [0.3, 0.4) is 0 Å². The topological polar surface area (TPSA) is 63.7 Å². The van der Waals surface area contributed by atoms with Gasteiger partial charge in [0, 0.05) is 18.2 Å². The van der Waals surface area contributed by atoms with Gasteiger partial charge in [-0.2, -0.15) is 0 Å². The highest BCUT2D eigenvalue weighted by molar-refractivity contribution is 7.91. The summed E-state index contributed by atoms with van der Waals surface area (Å²) in [7, 11) is -3.09. The number of aryl methyl sites for hydroxylation is 1. The van der Waals surface area contributed by atoms with E-state index in [0.29, 0.717) is 24.3 Å². The van der Waals surface area contributed by atoms with Gasteiger partial charge in [-0.05, 0) is 57.0 Å². The Hall–Kier alpha value is -2.34. The van der Waals surface area contributed by atoms with Gasteiger partial charge in [0.2, 0.25) is 0 Å². The average molecular weight is 402 g/mol. The molecule has 0 unspecified atom stereocenters. The molecule has 2 aromatic rings. The van der Waals surface area contributed by atoms with Crippen molar-refractivity contribution in [3.63, 3.8) is 0 Å². The molecule has 28 heavy (non-hydrogen) atoms. The molecule has 6 heteroatoms. The van der Waals surface area contributed by atoms with Crippen molar-refractivity contribution >= 4 is 15.7 Å². The molecule has 0 bridgehead atoms. The Morgan fingerprint density at radius 3 is 2.29 bits per heavy atom. The smallest absolute Gasteiger partial charge is 0.254 e. The number of benzene rings is 2. The molecular weight excluding hydrogens is 374 g/mol. The summed E-state index contributed by atoms with van der Waals surface area (Å²) in [6, 6.07) is 14.7. The molecular formula is C22H27NO4S. The molecule has 1 aliphatic heterocycles. The molecule has 0 aromatic heterocycles. The van der Waals surface area contributed by atoms with E-state index in [4.69, 9.17) is 4.74 Å². The molecule has 1 aliphatic rings. The number of ether oxygens (including phenoxy) is 1. The third kappa shape index (κ3) is 5.13.